The van der Waals surface area contributed by atoms with Gasteiger partial charge in [0.1, 0.15) is 27.4 Å². The van der Waals surface area contributed by atoms with Crippen molar-refractivity contribution < 1.29 is 18.1 Å². The van der Waals surface area contributed by atoms with Crippen molar-refractivity contribution >= 4 is 27.2 Å². The minimum Gasteiger partial charge on any atom is -0.373 e. The lowest BCUT2D eigenvalue weighted by Crippen LogP contribution is -2.29. The highest BCUT2D eigenvalue weighted by molar-refractivity contribution is 7.90. The fourth-order valence-corrected chi connectivity index (χ4v) is 1.83. The Kier molecular flexibility index (Phi) is 4.97. The minimum atomic E-state index is -3.21. The standard InChI is InChI=1S/C10H14N4O5S/c1-11-9-5-7(8(6-13-9)14(16)17)10(15)12-3-4-20(2,18)19/h5-6H,3-4H2,1-2H3,(H,11,13)(H,12,15). The Morgan fingerprint density at radius 1 is 1.50 bits per heavy atom. The normalized spacial score (nSPS) is 10.9. The maximum absolute atomic E-state index is 11.9. The molecule has 0 spiro atoms. The Hall–Kier alpha value is -2.23. The fourth-order valence-electron chi connectivity index (χ4n) is 1.36. The summed E-state index contributed by atoms with van der Waals surface area (Å²) in [5.74, 6) is -0.667. The molecule has 0 fully saturated rings. The number of hydrogen-bond acceptors (Lipinski definition) is 7. The first-order valence-electron chi connectivity index (χ1n) is 5.52. The highest BCUT2D eigenvalue weighted by Crippen LogP contribution is 2.19. The van der Waals surface area contributed by atoms with Crippen molar-refractivity contribution in [2.45, 2.75) is 0 Å². The Balaban J connectivity index is 2.93. The van der Waals surface area contributed by atoms with Crippen LogP contribution in [-0.4, -0.2) is 49.8 Å². The van der Waals surface area contributed by atoms with Crippen LogP contribution in [-0.2, 0) is 9.84 Å². The molecule has 1 heterocycles. The Bertz CT molecular complexity index is 629. The van der Waals surface area contributed by atoms with Gasteiger partial charge in [-0.05, 0) is 0 Å². The predicted octanol–water partition coefficient (Wildman–Crippen LogP) is -0.194. The average molecular weight is 302 g/mol. The van der Waals surface area contributed by atoms with Crippen molar-refractivity contribution in [3.8, 4) is 0 Å². The van der Waals surface area contributed by atoms with Crippen LogP contribution in [0.5, 0.6) is 0 Å². The minimum absolute atomic E-state index is 0.119. The lowest BCUT2D eigenvalue weighted by atomic mass is 10.2. The van der Waals surface area contributed by atoms with E-state index in [1.54, 1.807) is 7.05 Å². The molecule has 0 atom stereocenters. The Morgan fingerprint density at radius 3 is 2.65 bits per heavy atom. The first-order chi connectivity index (χ1) is 9.24. The third kappa shape index (κ3) is 4.46. The molecule has 9 nitrogen and oxygen atoms in total. The molecule has 1 aromatic heterocycles. The van der Waals surface area contributed by atoms with Gasteiger partial charge in [0.15, 0.2) is 0 Å². The molecule has 20 heavy (non-hydrogen) atoms. The molecule has 0 radical (unpaired) electrons. The van der Waals surface area contributed by atoms with Crippen molar-refractivity contribution in [2.24, 2.45) is 0 Å². The van der Waals surface area contributed by atoms with E-state index in [0.29, 0.717) is 5.82 Å². The molecule has 1 aromatic rings. The van der Waals surface area contributed by atoms with Crippen LogP contribution in [0.2, 0.25) is 0 Å². The van der Waals surface area contributed by atoms with Gasteiger partial charge in [-0.1, -0.05) is 0 Å². The summed E-state index contributed by atoms with van der Waals surface area (Å²) in [4.78, 5) is 25.7. The number of sulfone groups is 1. The van der Waals surface area contributed by atoms with Crippen LogP contribution in [0, 0.1) is 10.1 Å². The highest BCUT2D eigenvalue weighted by atomic mass is 32.2. The van der Waals surface area contributed by atoms with Crippen LogP contribution < -0.4 is 10.6 Å². The molecular formula is C10H14N4O5S. The molecule has 110 valence electrons. The second-order valence-corrected chi connectivity index (χ2v) is 6.24. The van der Waals surface area contributed by atoms with Crippen molar-refractivity contribution in [1.29, 1.82) is 0 Å². The van der Waals surface area contributed by atoms with Gasteiger partial charge in [0, 0.05) is 25.9 Å². The predicted molar refractivity (Wildman–Crippen MR) is 72.5 cm³/mol. The second-order valence-electron chi connectivity index (χ2n) is 3.98. The van der Waals surface area contributed by atoms with E-state index in [0.717, 1.165) is 12.5 Å². The molecule has 2 N–H and O–H groups in total. The van der Waals surface area contributed by atoms with Crippen LogP contribution in [0.4, 0.5) is 11.5 Å². The van der Waals surface area contributed by atoms with Gasteiger partial charge in [0.25, 0.3) is 11.6 Å². The SMILES string of the molecule is CNc1cc(C(=O)NCCS(C)(=O)=O)c([N+](=O)[O-])cn1. The number of carbonyl (C=O) groups is 1. The molecule has 1 rings (SSSR count). The average Bonchev–Trinajstić information content (AvgIpc) is 2.36. The van der Waals surface area contributed by atoms with E-state index in [9.17, 15) is 23.3 Å². The number of pyridine rings is 1. The largest absolute Gasteiger partial charge is 0.373 e. The van der Waals surface area contributed by atoms with Gasteiger partial charge < -0.3 is 10.6 Å². The van der Waals surface area contributed by atoms with E-state index < -0.39 is 26.4 Å². The fraction of sp³-hybridized carbons (Fsp3) is 0.400. The van der Waals surface area contributed by atoms with Crippen LogP contribution in [0.15, 0.2) is 12.3 Å². The van der Waals surface area contributed by atoms with Gasteiger partial charge >= 0.3 is 0 Å². The van der Waals surface area contributed by atoms with Gasteiger partial charge in [-0.2, -0.15) is 0 Å². The zero-order valence-electron chi connectivity index (χ0n) is 10.9. The van der Waals surface area contributed by atoms with Gasteiger partial charge in [0.05, 0.1) is 10.7 Å². The monoisotopic (exact) mass is 302 g/mol. The lowest BCUT2D eigenvalue weighted by Gasteiger charge is -2.06. The molecule has 0 aliphatic heterocycles. The van der Waals surface area contributed by atoms with E-state index in [1.165, 1.54) is 6.07 Å². The molecule has 0 saturated heterocycles. The number of aromatic nitrogens is 1. The number of nitrogens with zero attached hydrogens (tertiary/aromatic N) is 2. The summed E-state index contributed by atoms with van der Waals surface area (Å²) in [6, 6.07) is 1.23. The molecule has 0 saturated carbocycles. The third-order valence-electron chi connectivity index (χ3n) is 2.34. The second kappa shape index (κ2) is 6.28. The van der Waals surface area contributed by atoms with Crippen LogP contribution in [0.1, 0.15) is 10.4 Å². The number of hydrogen-bond donors (Lipinski definition) is 2. The molecule has 10 heteroatoms. The van der Waals surface area contributed by atoms with Gasteiger partial charge in [0.2, 0.25) is 0 Å². The summed E-state index contributed by atoms with van der Waals surface area (Å²) in [7, 11) is -1.66. The summed E-state index contributed by atoms with van der Waals surface area (Å²) in [6.45, 7) is -0.119. The molecule has 0 aromatic carbocycles. The van der Waals surface area contributed by atoms with Gasteiger partial charge in [-0.15, -0.1) is 0 Å². The van der Waals surface area contributed by atoms with Crippen molar-refractivity contribution in [3.05, 3.63) is 27.9 Å². The summed E-state index contributed by atoms with van der Waals surface area (Å²) in [5.41, 5.74) is -0.622. The van der Waals surface area contributed by atoms with Crippen LogP contribution in [0.3, 0.4) is 0 Å². The van der Waals surface area contributed by atoms with Crippen molar-refractivity contribution in [1.82, 2.24) is 10.3 Å². The molecule has 0 aliphatic rings. The maximum Gasteiger partial charge on any atom is 0.300 e. The third-order valence-corrected chi connectivity index (χ3v) is 3.28. The van der Waals surface area contributed by atoms with Crippen molar-refractivity contribution in [2.75, 3.05) is 30.9 Å². The summed E-state index contributed by atoms with van der Waals surface area (Å²) >= 11 is 0. The summed E-state index contributed by atoms with van der Waals surface area (Å²) < 4.78 is 21.9. The number of rotatable bonds is 6. The van der Waals surface area contributed by atoms with Gasteiger partial charge in [-0.3, -0.25) is 14.9 Å². The van der Waals surface area contributed by atoms with E-state index in [-0.39, 0.29) is 17.9 Å². The Labute approximate surface area is 115 Å². The zero-order valence-corrected chi connectivity index (χ0v) is 11.7. The summed E-state index contributed by atoms with van der Waals surface area (Å²) in [5, 5.41) is 15.8. The number of anilines is 1. The summed E-state index contributed by atoms with van der Waals surface area (Å²) in [6.07, 6.45) is 2.00. The molecule has 1 amide bonds. The molecule has 0 aliphatic carbocycles. The van der Waals surface area contributed by atoms with Gasteiger partial charge in [-0.25, -0.2) is 13.4 Å². The first kappa shape index (κ1) is 15.8. The number of carbonyl (C=O) groups excluding carboxylic acids is 1. The highest BCUT2D eigenvalue weighted by Gasteiger charge is 2.21. The van der Waals surface area contributed by atoms with E-state index in [1.807, 2.05) is 0 Å². The Morgan fingerprint density at radius 2 is 2.15 bits per heavy atom. The van der Waals surface area contributed by atoms with E-state index >= 15 is 0 Å². The number of nitrogens with one attached hydrogen (secondary N) is 2. The maximum atomic E-state index is 11.9. The lowest BCUT2D eigenvalue weighted by molar-refractivity contribution is -0.385. The first-order valence-corrected chi connectivity index (χ1v) is 7.59. The quantitative estimate of drug-likeness (QED) is 0.549. The molecular weight excluding hydrogens is 288 g/mol. The topological polar surface area (TPSA) is 131 Å². The smallest absolute Gasteiger partial charge is 0.300 e. The molecule has 0 unspecified atom stereocenters. The number of nitro groups is 1. The van der Waals surface area contributed by atoms with E-state index in [4.69, 9.17) is 0 Å². The van der Waals surface area contributed by atoms with E-state index in [2.05, 4.69) is 15.6 Å². The van der Waals surface area contributed by atoms with Crippen LogP contribution in [0.25, 0.3) is 0 Å². The molecule has 0 bridgehead atoms. The van der Waals surface area contributed by atoms with Crippen molar-refractivity contribution in [3.63, 3.8) is 0 Å². The zero-order chi connectivity index (χ0) is 15.3. The van der Waals surface area contributed by atoms with Crippen LogP contribution >= 0.6 is 0 Å². The number of amides is 1.